The number of benzene rings is 2. The average Bonchev–Trinajstić information content (AvgIpc) is 3.19. The number of nitrogens with one attached hydrogen (secondary N) is 1. The van der Waals surface area contributed by atoms with Crippen LogP contribution < -0.4 is 10.1 Å². The van der Waals surface area contributed by atoms with Crippen LogP contribution in [0.1, 0.15) is 36.8 Å². The van der Waals surface area contributed by atoms with Gasteiger partial charge in [0.2, 0.25) is 5.89 Å². The number of aryl methyl sites for hydroxylation is 2. The molecule has 5 heteroatoms. The molecule has 0 unspecified atom stereocenters. The summed E-state index contributed by atoms with van der Waals surface area (Å²) in [4.78, 5) is 16.5. The molecule has 1 aromatic heterocycles. The number of ketones is 1. The van der Waals surface area contributed by atoms with Gasteiger partial charge in [-0.05, 0) is 80.6 Å². The van der Waals surface area contributed by atoms with E-state index in [0.717, 1.165) is 60.7 Å². The van der Waals surface area contributed by atoms with Gasteiger partial charge in [-0.2, -0.15) is 0 Å². The van der Waals surface area contributed by atoms with E-state index in [0.29, 0.717) is 18.9 Å². The molecule has 0 aliphatic carbocycles. The van der Waals surface area contributed by atoms with Crippen LogP contribution in [-0.2, 0) is 17.6 Å². The van der Waals surface area contributed by atoms with Crippen molar-refractivity contribution in [2.24, 2.45) is 0 Å². The second kappa shape index (κ2) is 10.4. The zero-order valence-corrected chi connectivity index (χ0v) is 18.8. The van der Waals surface area contributed by atoms with Crippen molar-refractivity contribution in [3.05, 3.63) is 82.8 Å². The molecule has 4 rings (SSSR count). The first-order valence-corrected chi connectivity index (χ1v) is 11.3. The molecule has 0 radical (unpaired) electrons. The van der Waals surface area contributed by atoms with Crippen LogP contribution in [-0.4, -0.2) is 30.5 Å². The number of carbonyl (C=O) groups is 1. The molecular weight excluding hydrogens is 400 g/mol. The Balaban J connectivity index is 1.28. The van der Waals surface area contributed by atoms with Gasteiger partial charge in [0, 0.05) is 18.5 Å². The summed E-state index contributed by atoms with van der Waals surface area (Å²) in [6, 6.07) is 18.2. The lowest BCUT2D eigenvalue weighted by atomic mass is 9.93. The third-order valence-corrected chi connectivity index (χ3v) is 5.90. The van der Waals surface area contributed by atoms with Crippen LogP contribution in [0.25, 0.3) is 11.5 Å². The van der Waals surface area contributed by atoms with E-state index in [9.17, 15) is 4.79 Å². The molecule has 1 N–H and O–H groups in total. The standard InChI is InChI=1S/C27H30N2O3/c1-19(30)25-14-16-28-18-23(25)11-8-21-9-12-24(13-10-21)31-17-15-26-20(2)32-27(29-26)22-6-4-3-5-7-22/h3-7,9-10,12-13,28H,8,11,14-18H2,1-2H3. The van der Waals surface area contributed by atoms with Gasteiger partial charge in [0.05, 0.1) is 12.3 Å². The van der Waals surface area contributed by atoms with Crippen molar-refractivity contribution in [1.82, 2.24) is 10.3 Å². The van der Waals surface area contributed by atoms with Gasteiger partial charge in [-0.3, -0.25) is 4.79 Å². The molecule has 0 spiro atoms. The van der Waals surface area contributed by atoms with E-state index < -0.39 is 0 Å². The molecule has 3 aromatic rings. The second-order valence-corrected chi connectivity index (χ2v) is 8.20. The molecule has 0 atom stereocenters. The molecule has 0 amide bonds. The lowest BCUT2D eigenvalue weighted by Crippen LogP contribution is -2.27. The SMILES string of the molecule is CC(=O)C1=C(CCc2ccc(OCCc3nc(-c4ccccc4)oc3C)cc2)CNCC1. The zero-order chi connectivity index (χ0) is 22.3. The summed E-state index contributed by atoms with van der Waals surface area (Å²) in [5.41, 5.74) is 5.42. The summed E-state index contributed by atoms with van der Waals surface area (Å²) in [5, 5.41) is 3.37. The highest BCUT2D eigenvalue weighted by Gasteiger charge is 2.15. The first-order chi connectivity index (χ1) is 15.6. The Bertz CT molecular complexity index is 1080. The Kier molecular flexibility index (Phi) is 7.17. The highest BCUT2D eigenvalue weighted by atomic mass is 16.5. The quantitative estimate of drug-likeness (QED) is 0.513. The minimum absolute atomic E-state index is 0.212. The Morgan fingerprint density at radius 2 is 1.84 bits per heavy atom. The lowest BCUT2D eigenvalue weighted by Gasteiger charge is -2.20. The number of Topliss-reactive ketones (excluding diaryl/α,β-unsaturated/α-hetero) is 1. The molecule has 0 fully saturated rings. The van der Waals surface area contributed by atoms with Gasteiger partial charge in [0.1, 0.15) is 11.5 Å². The van der Waals surface area contributed by atoms with E-state index in [1.165, 1.54) is 11.1 Å². The van der Waals surface area contributed by atoms with E-state index >= 15 is 0 Å². The smallest absolute Gasteiger partial charge is 0.226 e. The summed E-state index contributed by atoms with van der Waals surface area (Å²) in [7, 11) is 0. The molecule has 2 aromatic carbocycles. The van der Waals surface area contributed by atoms with Gasteiger partial charge in [0.15, 0.2) is 5.78 Å². The number of nitrogens with zero attached hydrogens (tertiary/aromatic N) is 1. The maximum atomic E-state index is 11.9. The van der Waals surface area contributed by atoms with E-state index in [-0.39, 0.29) is 5.78 Å². The van der Waals surface area contributed by atoms with Crippen molar-refractivity contribution in [3.63, 3.8) is 0 Å². The van der Waals surface area contributed by atoms with E-state index in [1.54, 1.807) is 6.92 Å². The molecule has 0 bridgehead atoms. The molecular formula is C27H30N2O3. The summed E-state index contributed by atoms with van der Waals surface area (Å²) in [5.74, 6) is 2.54. The van der Waals surface area contributed by atoms with Crippen molar-refractivity contribution >= 4 is 5.78 Å². The molecule has 32 heavy (non-hydrogen) atoms. The maximum absolute atomic E-state index is 11.9. The number of carbonyl (C=O) groups excluding carboxylic acids is 1. The Hall–Kier alpha value is -3.18. The van der Waals surface area contributed by atoms with E-state index in [4.69, 9.17) is 9.15 Å². The van der Waals surface area contributed by atoms with Gasteiger partial charge in [-0.1, -0.05) is 30.3 Å². The highest BCUT2D eigenvalue weighted by molar-refractivity contribution is 5.94. The lowest BCUT2D eigenvalue weighted by molar-refractivity contribution is -0.113. The van der Waals surface area contributed by atoms with Crippen LogP contribution in [0.15, 0.2) is 70.2 Å². The van der Waals surface area contributed by atoms with E-state index in [1.807, 2.05) is 49.4 Å². The van der Waals surface area contributed by atoms with Gasteiger partial charge in [-0.25, -0.2) is 4.98 Å². The third-order valence-electron chi connectivity index (χ3n) is 5.90. The summed E-state index contributed by atoms with van der Waals surface area (Å²) in [6.45, 7) is 5.88. The molecule has 0 saturated heterocycles. The molecule has 1 aliphatic heterocycles. The van der Waals surface area contributed by atoms with E-state index in [2.05, 4.69) is 22.4 Å². The topological polar surface area (TPSA) is 64.4 Å². The first kappa shape index (κ1) is 22.0. The minimum atomic E-state index is 0.212. The second-order valence-electron chi connectivity index (χ2n) is 8.20. The van der Waals surface area contributed by atoms with Crippen LogP contribution >= 0.6 is 0 Å². The fourth-order valence-electron chi connectivity index (χ4n) is 4.08. The van der Waals surface area contributed by atoms with Crippen LogP contribution in [0, 0.1) is 6.92 Å². The van der Waals surface area contributed by atoms with Crippen LogP contribution in [0.2, 0.25) is 0 Å². The number of ether oxygens (including phenoxy) is 1. The van der Waals surface area contributed by atoms with Gasteiger partial charge < -0.3 is 14.5 Å². The molecule has 2 heterocycles. The van der Waals surface area contributed by atoms with Gasteiger partial charge in [-0.15, -0.1) is 0 Å². The number of oxazole rings is 1. The normalized spacial score (nSPS) is 13.9. The number of hydrogen-bond donors (Lipinski definition) is 1. The van der Waals surface area contributed by atoms with Crippen LogP contribution in [0.3, 0.4) is 0 Å². The fourth-order valence-corrected chi connectivity index (χ4v) is 4.08. The predicted octanol–water partition coefficient (Wildman–Crippen LogP) is 5.08. The molecule has 166 valence electrons. The molecule has 5 nitrogen and oxygen atoms in total. The minimum Gasteiger partial charge on any atom is -0.493 e. The summed E-state index contributed by atoms with van der Waals surface area (Å²) < 4.78 is 11.8. The van der Waals surface area contributed by atoms with Crippen molar-refractivity contribution < 1.29 is 13.9 Å². The number of hydrogen-bond acceptors (Lipinski definition) is 5. The predicted molar refractivity (Wildman–Crippen MR) is 126 cm³/mol. The Labute approximate surface area is 189 Å². The van der Waals surface area contributed by atoms with Gasteiger partial charge >= 0.3 is 0 Å². The van der Waals surface area contributed by atoms with Crippen molar-refractivity contribution in [2.45, 2.75) is 39.5 Å². The Morgan fingerprint density at radius 3 is 2.59 bits per heavy atom. The average molecular weight is 431 g/mol. The largest absolute Gasteiger partial charge is 0.493 e. The maximum Gasteiger partial charge on any atom is 0.226 e. The van der Waals surface area contributed by atoms with Crippen molar-refractivity contribution in [1.29, 1.82) is 0 Å². The van der Waals surface area contributed by atoms with Crippen LogP contribution in [0.4, 0.5) is 0 Å². The van der Waals surface area contributed by atoms with Crippen molar-refractivity contribution in [3.8, 4) is 17.2 Å². The molecule has 0 saturated carbocycles. The monoisotopic (exact) mass is 430 g/mol. The van der Waals surface area contributed by atoms with Gasteiger partial charge in [0.25, 0.3) is 0 Å². The fraction of sp³-hybridized carbons (Fsp3) is 0.333. The summed E-state index contributed by atoms with van der Waals surface area (Å²) in [6.07, 6.45) is 3.37. The number of aromatic nitrogens is 1. The van der Waals surface area contributed by atoms with Crippen molar-refractivity contribution in [2.75, 3.05) is 19.7 Å². The molecule has 1 aliphatic rings. The third kappa shape index (κ3) is 5.54. The summed E-state index contributed by atoms with van der Waals surface area (Å²) >= 11 is 0. The zero-order valence-electron chi connectivity index (χ0n) is 18.8. The number of rotatable bonds is 9. The highest BCUT2D eigenvalue weighted by Crippen LogP contribution is 2.23. The van der Waals surface area contributed by atoms with Crippen LogP contribution in [0.5, 0.6) is 5.75 Å². The first-order valence-electron chi connectivity index (χ1n) is 11.3. The Morgan fingerprint density at radius 1 is 1.06 bits per heavy atom.